The smallest absolute Gasteiger partial charge is 0.225 e. The van der Waals surface area contributed by atoms with Crippen LogP contribution in [0.25, 0.3) is 0 Å². The normalized spacial score (nSPS) is 19.1. The van der Waals surface area contributed by atoms with Crippen molar-refractivity contribution in [3.05, 3.63) is 18.0 Å². The highest BCUT2D eigenvalue weighted by Crippen LogP contribution is 2.31. The van der Waals surface area contributed by atoms with E-state index in [0.717, 1.165) is 37.4 Å². The van der Waals surface area contributed by atoms with Crippen LogP contribution in [-0.2, 0) is 0 Å². The van der Waals surface area contributed by atoms with Gasteiger partial charge in [-0.2, -0.15) is 0 Å². The van der Waals surface area contributed by atoms with Crippen LogP contribution in [-0.4, -0.2) is 28.9 Å². The van der Waals surface area contributed by atoms with Crippen LogP contribution >= 0.6 is 0 Å². The van der Waals surface area contributed by atoms with Gasteiger partial charge in [0.2, 0.25) is 5.95 Å². The van der Waals surface area contributed by atoms with Crippen molar-refractivity contribution in [3.8, 4) is 0 Å². The second kappa shape index (κ2) is 4.31. The van der Waals surface area contributed by atoms with Crippen LogP contribution in [0.2, 0.25) is 0 Å². The number of anilines is 1. The molecule has 1 saturated heterocycles. The van der Waals surface area contributed by atoms with Gasteiger partial charge in [-0.1, -0.05) is 6.92 Å². The summed E-state index contributed by atoms with van der Waals surface area (Å²) in [6.07, 6.45) is 5.45. The fourth-order valence-electron chi connectivity index (χ4n) is 2.02. The third-order valence-corrected chi connectivity index (χ3v) is 3.57. The van der Waals surface area contributed by atoms with Crippen molar-refractivity contribution < 1.29 is 0 Å². The van der Waals surface area contributed by atoms with Gasteiger partial charge in [-0.15, -0.1) is 0 Å². The molecule has 0 saturated carbocycles. The second-order valence-corrected chi connectivity index (χ2v) is 5.02. The fraction of sp³-hybridized carbons (Fsp3) is 0.583. The van der Waals surface area contributed by atoms with Gasteiger partial charge in [-0.25, -0.2) is 9.97 Å². The molecule has 1 aromatic heterocycles. The molecule has 5 heteroatoms. The lowest BCUT2D eigenvalue weighted by Gasteiger charge is -2.38. The maximum atomic E-state index is 7.61. The van der Waals surface area contributed by atoms with E-state index in [2.05, 4.69) is 21.8 Å². The van der Waals surface area contributed by atoms with Gasteiger partial charge in [0.15, 0.2) is 0 Å². The van der Waals surface area contributed by atoms with Gasteiger partial charge < -0.3 is 10.6 Å². The summed E-state index contributed by atoms with van der Waals surface area (Å²) in [6, 6.07) is 0. The number of nitrogens with one attached hydrogen (secondary N) is 1. The van der Waals surface area contributed by atoms with Crippen molar-refractivity contribution >= 4 is 11.8 Å². The molecule has 0 spiro atoms. The van der Waals surface area contributed by atoms with Crippen LogP contribution in [0.15, 0.2) is 12.4 Å². The zero-order valence-corrected chi connectivity index (χ0v) is 10.4. The van der Waals surface area contributed by atoms with E-state index in [1.165, 1.54) is 0 Å². The molecule has 0 amide bonds. The Balaban J connectivity index is 2.04. The Morgan fingerprint density at radius 1 is 1.35 bits per heavy atom. The minimum absolute atomic E-state index is 0.152. The quantitative estimate of drug-likeness (QED) is 0.596. The number of hydrogen-bond acceptors (Lipinski definition) is 4. The first-order valence-corrected chi connectivity index (χ1v) is 5.89. The summed E-state index contributed by atoms with van der Waals surface area (Å²) in [7, 11) is 0. The highest BCUT2D eigenvalue weighted by atomic mass is 15.2. The van der Waals surface area contributed by atoms with Crippen molar-refractivity contribution in [2.24, 2.45) is 11.1 Å². The van der Waals surface area contributed by atoms with Gasteiger partial charge in [-0.3, -0.25) is 5.41 Å². The molecule has 0 aromatic carbocycles. The Morgan fingerprint density at radius 3 is 2.35 bits per heavy atom. The van der Waals surface area contributed by atoms with Gasteiger partial charge in [0.05, 0.1) is 5.84 Å². The van der Waals surface area contributed by atoms with Crippen LogP contribution in [0, 0.1) is 17.7 Å². The molecule has 3 N–H and O–H groups in total. The SMILES string of the molecule is Cc1cnc(N2CCC(C)(C(=N)N)CC2)nc1. The number of amidine groups is 1. The number of nitrogens with zero attached hydrogens (tertiary/aromatic N) is 3. The van der Waals surface area contributed by atoms with Crippen molar-refractivity contribution in [1.29, 1.82) is 5.41 Å². The Labute approximate surface area is 102 Å². The molecular weight excluding hydrogens is 214 g/mol. The number of piperidine rings is 1. The Bertz CT molecular complexity index is 403. The lowest BCUT2D eigenvalue weighted by Crippen LogP contribution is -2.45. The van der Waals surface area contributed by atoms with E-state index in [1.807, 2.05) is 19.3 Å². The number of hydrogen-bond donors (Lipinski definition) is 2. The lowest BCUT2D eigenvalue weighted by atomic mass is 9.79. The molecule has 1 aliphatic heterocycles. The summed E-state index contributed by atoms with van der Waals surface area (Å²) in [4.78, 5) is 10.8. The zero-order valence-electron chi connectivity index (χ0n) is 10.4. The molecule has 5 nitrogen and oxygen atoms in total. The monoisotopic (exact) mass is 233 g/mol. The van der Waals surface area contributed by atoms with E-state index < -0.39 is 0 Å². The molecule has 1 fully saturated rings. The molecule has 1 aliphatic rings. The standard InChI is InChI=1S/C12H19N5/c1-9-7-15-11(16-8-9)17-5-3-12(2,4-6-17)10(13)14/h7-8H,3-6H2,1-2H3,(H3,13,14). The van der Waals surface area contributed by atoms with Gasteiger partial charge in [0.25, 0.3) is 0 Å². The second-order valence-electron chi connectivity index (χ2n) is 5.02. The minimum atomic E-state index is -0.152. The molecule has 0 aliphatic carbocycles. The maximum absolute atomic E-state index is 7.61. The fourth-order valence-corrected chi connectivity index (χ4v) is 2.02. The largest absolute Gasteiger partial charge is 0.387 e. The average Bonchev–Trinajstić information content (AvgIpc) is 2.31. The molecule has 17 heavy (non-hydrogen) atoms. The van der Waals surface area contributed by atoms with Crippen LogP contribution in [0.5, 0.6) is 0 Å². The summed E-state index contributed by atoms with van der Waals surface area (Å²) in [5.74, 6) is 1.07. The minimum Gasteiger partial charge on any atom is -0.387 e. The van der Waals surface area contributed by atoms with Crippen LogP contribution in [0.1, 0.15) is 25.3 Å². The molecular formula is C12H19N5. The lowest BCUT2D eigenvalue weighted by molar-refractivity contribution is 0.348. The summed E-state index contributed by atoms with van der Waals surface area (Å²) >= 11 is 0. The Hall–Kier alpha value is -1.65. The molecule has 0 unspecified atom stereocenters. The van der Waals surface area contributed by atoms with Crippen molar-refractivity contribution in [1.82, 2.24) is 9.97 Å². The number of aromatic nitrogens is 2. The zero-order chi connectivity index (χ0) is 12.5. The molecule has 0 radical (unpaired) electrons. The first-order valence-electron chi connectivity index (χ1n) is 5.89. The Morgan fingerprint density at radius 2 is 1.88 bits per heavy atom. The first-order chi connectivity index (χ1) is 8.01. The van der Waals surface area contributed by atoms with E-state index >= 15 is 0 Å². The molecule has 1 aromatic rings. The summed E-state index contributed by atoms with van der Waals surface area (Å²) < 4.78 is 0. The van der Waals surface area contributed by atoms with E-state index in [9.17, 15) is 0 Å². The van der Waals surface area contributed by atoms with Gasteiger partial charge in [0.1, 0.15) is 0 Å². The third-order valence-electron chi connectivity index (χ3n) is 3.57. The van der Waals surface area contributed by atoms with Gasteiger partial charge in [0, 0.05) is 30.9 Å². The maximum Gasteiger partial charge on any atom is 0.225 e. The summed E-state index contributed by atoms with van der Waals surface area (Å²) in [5, 5.41) is 7.61. The topological polar surface area (TPSA) is 78.9 Å². The number of nitrogens with two attached hydrogens (primary N) is 1. The average molecular weight is 233 g/mol. The van der Waals surface area contributed by atoms with Crippen molar-refractivity contribution in [2.45, 2.75) is 26.7 Å². The predicted molar refractivity (Wildman–Crippen MR) is 68.2 cm³/mol. The first kappa shape index (κ1) is 11.8. The Kier molecular flexibility index (Phi) is 3.00. The van der Waals surface area contributed by atoms with E-state index in [1.54, 1.807) is 0 Å². The van der Waals surface area contributed by atoms with E-state index in [4.69, 9.17) is 11.1 Å². The number of rotatable bonds is 2. The highest BCUT2D eigenvalue weighted by Gasteiger charge is 2.33. The van der Waals surface area contributed by atoms with Crippen molar-refractivity contribution in [3.63, 3.8) is 0 Å². The molecule has 0 bridgehead atoms. The summed E-state index contributed by atoms with van der Waals surface area (Å²) in [6.45, 7) is 5.76. The van der Waals surface area contributed by atoms with Crippen LogP contribution < -0.4 is 10.6 Å². The van der Waals surface area contributed by atoms with E-state index in [-0.39, 0.29) is 5.41 Å². The van der Waals surface area contributed by atoms with Crippen LogP contribution in [0.4, 0.5) is 5.95 Å². The van der Waals surface area contributed by atoms with Gasteiger partial charge >= 0.3 is 0 Å². The van der Waals surface area contributed by atoms with E-state index in [0.29, 0.717) is 5.84 Å². The highest BCUT2D eigenvalue weighted by molar-refractivity contribution is 5.83. The number of aryl methyl sites for hydroxylation is 1. The molecule has 0 atom stereocenters. The molecule has 2 rings (SSSR count). The van der Waals surface area contributed by atoms with Gasteiger partial charge in [-0.05, 0) is 25.3 Å². The van der Waals surface area contributed by atoms with Crippen molar-refractivity contribution in [2.75, 3.05) is 18.0 Å². The van der Waals surface area contributed by atoms with Crippen LogP contribution in [0.3, 0.4) is 0 Å². The molecule has 2 heterocycles. The summed E-state index contributed by atoms with van der Waals surface area (Å²) in [5.41, 5.74) is 6.56. The molecule has 92 valence electrons. The predicted octanol–water partition coefficient (Wildman–Crippen LogP) is 1.33. The third kappa shape index (κ3) is 2.38.